The molecule has 0 amide bonds. The van der Waals surface area contributed by atoms with Gasteiger partial charge in [-0.3, -0.25) is 14.0 Å². The average molecular weight is 375 g/mol. The number of hydrogen-bond acceptors (Lipinski definition) is 3. The zero-order valence-electron chi connectivity index (χ0n) is 13.5. The molecule has 0 bridgehead atoms. The Bertz CT molecular complexity index is 898. The molecule has 0 aliphatic rings. The van der Waals surface area contributed by atoms with Crippen LogP contribution in [0.25, 0.3) is 11.0 Å². The second kappa shape index (κ2) is 6.28. The number of halogens is 1. The number of alkyl halides is 1. The van der Waals surface area contributed by atoms with E-state index in [0.29, 0.717) is 17.6 Å². The summed E-state index contributed by atoms with van der Waals surface area (Å²) in [5.41, 5.74) is 2.41. The van der Waals surface area contributed by atoms with Gasteiger partial charge in [-0.2, -0.15) is 5.10 Å². The van der Waals surface area contributed by atoms with Crippen molar-refractivity contribution >= 4 is 27.0 Å². The molecule has 1 aromatic carbocycles. The van der Waals surface area contributed by atoms with Crippen LogP contribution in [-0.2, 0) is 13.6 Å². The lowest BCUT2D eigenvalue weighted by atomic mass is 10.2. The third-order valence-electron chi connectivity index (χ3n) is 4.09. The highest BCUT2D eigenvalue weighted by molar-refractivity contribution is 9.09. The van der Waals surface area contributed by atoms with Crippen molar-refractivity contribution in [2.24, 2.45) is 7.05 Å². The first-order valence-corrected chi connectivity index (χ1v) is 8.56. The van der Waals surface area contributed by atoms with E-state index in [1.165, 1.54) is 0 Å². The Balaban J connectivity index is 2.26. The molecule has 6 heteroatoms. The lowest BCUT2D eigenvalue weighted by Gasteiger charge is -2.15. The smallest absolute Gasteiger partial charge is 0.265 e. The number of aromatic nitrogens is 4. The van der Waals surface area contributed by atoms with Gasteiger partial charge in [-0.25, -0.2) is 4.98 Å². The van der Waals surface area contributed by atoms with Crippen molar-refractivity contribution in [1.82, 2.24) is 19.3 Å². The Kier molecular flexibility index (Phi) is 4.35. The van der Waals surface area contributed by atoms with Crippen molar-refractivity contribution < 1.29 is 0 Å². The highest BCUT2D eigenvalue weighted by atomic mass is 79.9. The van der Waals surface area contributed by atoms with Gasteiger partial charge in [0.15, 0.2) is 5.65 Å². The third kappa shape index (κ3) is 2.83. The molecule has 5 nitrogen and oxygen atoms in total. The molecule has 0 fully saturated rings. The van der Waals surface area contributed by atoms with Gasteiger partial charge in [0.25, 0.3) is 5.56 Å². The largest absolute Gasteiger partial charge is 0.291 e. The van der Waals surface area contributed by atoms with E-state index in [1.807, 2.05) is 44.3 Å². The zero-order valence-corrected chi connectivity index (χ0v) is 15.0. The summed E-state index contributed by atoms with van der Waals surface area (Å²) in [5, 5.41) is 4.97. The van der Waals surface area contributed by atoms with Gasteiger partial charge in [-0.05, 0) is 18.9 Å². The second-order valence-electron chi connectivity index (χ2n) is 5.63. The summed E-state index contributed by atoms with van der Waals surface area (Å²) in [6.45, 7) is 4.47. The van der Waals surface area contributed by atoms with Crippen molar-refractivity contribution in [3.63, 3.8) is 0 Å². The fourth-order valence-electron chi connectivity index (χ4n) is 2.67. The van der Waals surface area contributed by atoms with Crippen LogP contribution in [0.4, 0.5) is 0 Å². The van der Waals surface area contributed by atoms with E-state index >= 15 is 0 Å². The van der Waals surface area contributed by atoms with Gasteiger partial charge in [-0.1, -0.05) is 53.2 Å². The van der Waals surface area contributed by atoms with Gasteiger partial charge in [0.1, 0.15) is 11.2 Å². The Hall–Kier alpha value is -1.95. The van der Waals surface area contributed by atoms with Crippen molar-refractivity contribution in [3.05, 3.63) is 57.8 Å². The van der Waals surface area contributed by atoms with Gasteiger partial charge in [0.05, 0.1) is 17.1 Å². The molecule has 1 atom stereocenters. The fourth-order valence-corrected chi connectivity index (χ4v) is 3.02. The molecule has 0 aliphatic heterocycles. The van der Waals surface area contributed by atoms with E-state index in [9.17, 15) is 4.79 Å². The van der Waals surface area contributed by atoms with Crippen LogP contribution in [0.2, 0.25) is 0 Å². The molecule has 0 aliphatic carbocycles. The summed E-state index contributed by atoms with van der Waals surface area (Å²) in [7, 11) is 1.84. The molecule has 0 saturated carbocycles. The molecule has 120 valence electrons. The molecule has 0 saturated heterocycles. The summed E-state index contributed by atoms with van der Waals surface area (Å²) in [6.07, 6.45) is 0.846. The van der Waals surface area contributed by atoms with Gasteiger partial charge in [0.2, 0.25) is 0 Å². The Morgan fingerprint density at radius 1 is 1.26 bits per heavy atom. The third-order valence-corrected chi connectivity index (χ3v) is 5.15. The van der Waals surface area contributed by atoms with Crippen LogP contribution >= 0.6 is 15.9 Å². The van der Waals surface area contributed by atoms with E-state index in [-0.39, 0.29) is 10.4 Å². The van der Waals surface area contributed by atoms with E-state index in [1.54, 1.807) is 9.25 Å². The van der Waals surface area contributed by atoms with Gasteiger partial charge in [-0.15, -0.1) is 0 Å². The molecular weight excluding hydrogens is 356 g/mol. The van der Waals surface area contributed by atoms with Crippen molar-refractivity contribution in [2.75, 3.05) is 0 Å². The normalized spacial score (nSPS) is 12.7. The monoisotopic (exact) mass is 374 g/mol. The van der Waals surface area contributed by atoms with Crippen molar-refractivity contribution in [1.29, 1.82) is 0 Å². The van der Waals surface area contributed by atoms with E-state index < -0.39 is 0 Å². The van der Waals surface area contributed by atoms with E-state index in [0.717, 1.165) is 23.5 Å². The number of fused-ring (bicyclic) bond motifs is 1. The Morgan fingerprint density at radius 2 is 1.96 bits per heavy atom. The molecule has 3 aromatic rings. The molecule has 0 N–H and O–H groups in total. The number of benzene rings is 1. The standard InChI is InChI=1S/C17H19BrN4O/c1-4-13(18)16-19-15-14(11(2)21(3)20-15)17(23)22(16)10-12-8-6-5-7-9-12/h5-9,13H,4,10H2,1-3H3. The van der Waals surface area contributed by atoms with Crippen LogP contribution < -0.4 is 5.56 Å². The maximum Gasteiger partial charge on any atom is 0.265 e. The zero-order chi connectivity index (χ0) is 16.6. The maximum atomic E-state index is 13.1. The second-order valence-corrected chi connectivity index (χ2v) is 6.74. The quantitative estimate of drug-likeness (QED) is 0.658. The first-order chi connectivity index (χ1) is 11.0. The number of aryl methyl sites for hydroxylation is 2. The molecule has 23 heavy (non-hydrogen) atoms. The maximum absolute atomic E-state index is 13.1. The summed E-state index contributed by atoms with van der Waals surface area (Å²) >= 11 is 3.64. The molecule has 1 unspecified atom stereocenters. The highest BCUT2D eigenvalue weighted by Crippen LogP contribution is 2.25. The van der Waals surface area contributed by atoms with Crippen LogP contribution in [0.3, 0.4) is 0 Å². The minimum absolute atomic E-state index is 0.0191. The lowest BCUT2D eigenvalue weighted by Crippen LogP contribution is -2.26. The molecule has 0 spiro atoms. The first-order valence-electron chi connectivity index (χ1n) is 7.65. The van der Waals surface area contributed by atoms with E-state index in [4.69, 9.17) is 0 Å². The predicted octanol–water partition coefficient (Wildman–Crippen LogP) is 3.33. The minimum Gasteiger partial charge on any atom is -0.291 e. The van der Waals surface area contributed by atoms with Gasteiger partial charge >= 0.3 is 0 Å². The minimum atomic E-state index is -0.0302. The fraction of sp³-hybridized carbons (Fsp3) is 0.353. The van der Waals surface area contributed by atoms with Crippen molar-refractivity contribution in [2.45, 2.75) is 31.6 Å². The number of rotatable bonds is 4. The molecule has 0 radical (unpaired) electrons. The predicted molar refractivity (Wildman–Crippen MR) is 95.0 cm³/mol. The highest BCUT2D eigenvalue weighted by Gasteiger charge is 2.20. The van der Waals surface area contributed by atoms with Crippen LogP contribution in [0.1, 0.15) is 35.3 Å². The topological polar surface area (TPSA) is 52.7 Å². The summed E-state index contributed by atoms with van der Waals surface area (Å²) in [4.78, 5) is 17.7. The summed E-state index contributed by atoms with van der Waals surface area (Å²) in [6, 6.07) is 9.97. The van der Waals surface area contributed by atoms with Gasteiger partial charge in [0, 0.05) is 7.05 Å². The molecule has 3 rings (SSSR count). The molecule has 2 aromatic heterocycles. The number of nitrogens with zero attached hydrogens (tertiary/aromatic N) is 4. The molecule has 2 heterocycles. The average Bonchev–Trinajstić information content (AvgIpc) is 2.85. The first kappa shape index (κ1) is 15.9. The molecular formula is C17H19BrN4O. The lowest BCUT2D eigenvalue weighted by molar-refractivity contribution is 0.661. The SMILES string of the molecule is CCC(Br)c1nc2nn(C)c(C)c2c(=O)n1Cc1ccccc1. The van der Waals surface area contributed by atoms with Crippen LogP contribution in [-0.4, -0.2) is 19.3 Å². The van der Waals surface area contributed by atoms with Crippen LogP contribution in [0, 0.1) is 6.92 Å². The number of hydrogen-bond donors (Lipinski definition) is 0. The summed E-state index contributed by atoms with van der Waals surface area (Å²) < 4.78 is 3.47. The Morgan fingerprint density at radius 3 is 2.61 bits per heavy atom. The van der Waals surface area contributed by atoms with E-state index in [2.05, 4.69) is 32.9 Å². The van der Waals surface area contributed by atoms with Crippen molar-refractivity contribution in [3.8, 4) is 0 Å². The van der Waals surface area contributed by atoms with Crippen LogP contribution in [0.15, 0.2) is 35.1 Å². The van der Waals surface area contributed by atoms with Crippen LogP contribution in [0.5, 0.6) is 0 Å². The van der Waals surface area contributed by atoms with Gasteiger partial charge < -0.3 is 0 Å². The Labute approximate surface area is 143 Å². The summed E-state index contributed by atoms with van der Waals surface area (Å²) in [5.74, 6) is 0.729.